The molecule has 0 rings (SSSR count). The van der Waals surface area contributed by atoms with E-state index < -0.39 is 26.5 Å². The van der Waals surface area contributed by atoms with E-state index in [-0.39, 0.29) is 32.1 Å². The number of aliphatic hydroxyl groups is 1. The van der Waals surface area contributed by atoms with E-state index in [1.165, 1.54) is 19.3 Å². The Balaban J connectivity index is 3.68. The minimum atomic E-state index is -4.44. The molecule has 3 N–H and O–H groups in total. The molecule has 0 spiro atoms. The van der Waals surface area contributed by atoms with E-state index in [2.05, 4.69) is 129 Å². The molecular formula is C51H84NO8P. The highest BCUT2D eigenvalue weighted by atomic mass is 31.2. The van der Waals surface area contributed by atoms with Crippen molar-refractivity contribution in [2.24, 2.45) is 0 Å². The molecule has 9 nitrogen and oxygen atoms in total. The van der Waals surface area contributed by atoms with Crippen molar-refractivity contribution < 1.29 is 37.9 Å². The summed E-state index contributed by atoms with van der Waals surface area (Å²) in [4.78, 5) is 34.0. The van der Waals surface area contributed by atoms with Crippen molar-refractivity contribution >= 4 is 19.7 Å². The van der Waals surface area contributed by atoms with Gasteiger partial charge in [0.1, 0.15) is 12.7 Å². The van der Waals surface area contributed by atoms with Crippen LogP contribution in [0.15, 0.2) is 109 Å². The summed E-state index contributed by atoms with van der Waals surface area (Å²) in [6, 6.07) is 0. The average Bonchev–Trinajstić information content (AvgIpc) is 3.25. The van der Waals surface area contributed by atoms with Crippen molar-refractivity contribution in [1.29, 1.82) is 0 Å². The molecule has 1 amide bonds. The van der Waals surface area contributed by atoms with E-state index in [0.29, 0.717) is 6.42 Å². The number of hydrogen-bond acceptors (Lipinski definition) is 7. The maximum absolute atomic E-state index is 12.1. The lowest BCUT2D eigenvalue weighted by atomic mass is 10.1. The van der Waals surface area contributed by atoms with Gasteiger partial charge in [0.05, 0.1) is 13.2 Å². The molecule has 0 heterocycles. The number of esters is 1. The molecule has 0 aliphatic rings. The van der Waals surface area contributed by atoms with Crippen molar-refractivity contribution in [3.05, 3.63) is 109 Å². The van der Waals surface area contributed by atoms with Crippen molar-refractivity contribution in [2.75, 3.05) is 26.4 Å². The molecule has 0 aromatic carbocycles. The van der Waals surface area contributed by atoms with Gasteiger partial charge < -0.3 is 20.1 Å². The fourth-order valence-electron chi connectivity index (χ4n) is 5.75. The summed E-state index contributed by atoms with van der Waals surface area (Å²) in [5.41, 5.74) is 0. The Morgan fingerprint density at radius 3 is 1.33 bits per heavy atom. The molecule has 0 aliphatic carbocycles. The standard InChI is InChI=1S/C51H84NO8P/c1-3-5-7-9-11-13-15-17-19-21-22-23-24-25-26-28-29-31-33-35-37-39-41-43-50(54)52-45-46-59-61(56,57)60-48-49(53)47-58-51(55)44-42-40-38-36-34-32-30-27-20-18-16-14-12-10-8-6-4-2/h5-8,11-14,17-20,22-23,25-26,29,31,49,53H,3-4,9-10,15-16,21,24,27-28,30,32-48H2,1-2H3,(H,52,54)(H,56,57)/b7-5-,8-6-,13-11-,14-12-,19-17-,20-18-,23-22-,26-25-,31-29-. The number of allylic oxidation sites excluding steroid dienone is 18. The van der Waals surface area contributed by atoms with Crippen LogP contribution in [0.2, 0.25) is 0 Å². The molecule has 0 bridgehead atoms. The molecule has 0 aliphatic heterocycles. The van der Waals surface area contributed by atoms with Crippen LogP contribution >= 0.6 is 7.82 Å². The van der Waals surface area contributed by atoms with Crippen molar-refractivity contribution in [2.45, 2.75) is 174 Å². The number of hydrogen-bond donors (Lipinski definition) is 3. The predicted octanol–water partition coefficient (Wildman–Crippen LogP) is 13.5. The largest absolute Gasteiger partial charge is 0.472 e. The van der Waals surface area contributed by atoms with Crippen LogP contribution in [0, 0.1) is 0 Å². The molecule has 0 radical (unpaired) electrons. The summed E-state index contributed by atoms with van der Waals surface area (Å²) in [6.45, 7) is 3.26. The third-order valence-electron chi connectivity index (χ3n) is 9.20. The van der Waals surface area contributed by atoms with Crippen LogP contribution in [0.4, 0.5) is 0 Å². The molecule has 2 atom stereocenters. The maximum Gasteiger partial charge on any atom is 0.472 e. The predicted molar refractivity (Wildman–Crippen MR) is 256 cm³/mol. The second-order valence-corrected chi connectivity index (χ2v) is 16.4. The molecule has 0 aromatic heterocycles. The zero-order valence-electron chi connectivity index (χ0n) is 38.1. The van der Waals surface area contributed by atoms with Crippen LogP contribution in [0.25, 0.3) is 0 Å². The topological polar surface area (TPSA) is 131 Å². The third kappa shape index (κ3) is 47.6. The van der Waals surface area contributed by atoms with Gasteiger partial charge in [-0.3, -0.25) is 18.6 Å². The van der Waals surface area contributed by atoms with Crippen LogP contribution < -0.4 is 5.32 Å². The average molecular weight is 870 g/mol. The number of rotatable bonds is 42. The van der Waals surface area contributed by atoms with Gasteiger partial charge in [0, 0.05) is 19.4 Å². The number of phosphoric ester groups is 1. The Labute approximate surface area is 371 Å². The monoisotopic (exact) mass is 870 g/mol. The summed E-state index contributed by atoms with van der Waals surface area (Å²) in [7, 11) is -4.44. The first-order chi connectivity index (χ1) is 29.8. The number of phosphoric acid groups is 1. The molecule has 0 saturated heterocycles. The van der Waals surface area contributed by atoms with Gasteiger partial charge in [-0.25, -0.2) is 4.57 Å². The summed E-state index contributed by atoms with van der Waals surface area (Å²) in [5, 5.41) is 12.7. The quantitative estimate of drug-likeness (QED) is 0.0239. The molecule has 0 fully saturated rings. The summed E-state index contributed by atoms with van der Waals surface area (Å²) >= 11 is 0. The van der Waals surface area contributed by atoms with Gasteiger partial charge in [-0.2, -0.15) is 0 Å². The highest BCUT2D eigenvalue weighted by Gasteiger charge is 2.23. The van der Waals surface area contributed by atoms with Gasteiger partial charge in [-0.05, 0) is 96.3 Å². The lowest BCUT2D eigenvalue weighted by Crippen LogP contribution is -2.27. The lowest BCUT2D eigenvalue weighted by molar-refractivity contribution is -0.147. The first-order valence-electron chi connectivity index (χ1n) is 23.4. The van der Waals surface area contributed by atoms with Gasteiger partial charge in [0.25, 0.3) is 0 Å². The first-order valence-corrected chi connectivity index (χ1v) is 24.9. The summed E-state index contributed by atoms with van der Waals surface area (Å²) in [5.74, 6) is -0.561. The highest BCUT2D eigenvalue weighted by molar-refractivity contribution is 7.47. The second-order valence-electron chi connectivity index (χ2n) is 15.0. The second kappa shape index (κ2) is 46.2. The minimum Gasteiger partial charge on any atom is -0.463 e. The third-order valence-corrected chi connectivity index (χ3v) is 10.2. The minimum absolute atomic E-state index is 0.0589. The highest BCUT2D eigenvalue weighted by Crippen LogP contribution is 2.42. The van der Waals surface area contributed by atoms with Crippen LogP contribution in [0.5, 0.6) is 0 Å². The van der Waals surface area contributed by atoms with Gasteiger partial charge >= 0.3 is 13.8 Å². The zero-order valence-corrected chi connectivity index (χ0v) is 39.0. The van der Waals surface area contributed by atoms with Crippen molar-refractivity contribution in [3.8, 4) is 0 Å². The van der Waals surface area contributed by atoms with Crippen LogP contribution in [0.1, 0.15) is 168 Å². The Bertz CT molecular complexity index is 1360. The number of nitrogens with one attached hydrogen (secondary N) is 1. The SMILES string of the molecule is CC/C=C\C/C=C\C/C=C\C/C=C\C/C=C\C/C=C\CCCCCCC(=O)NCCOP(=O)(O)OCC(O)COC(=O)CCCCCCCCC/C=C\C/C=C\C/C=C\CC. The molecule has 0 aromatic rings. The van der Waals surface area contributed by atoms with Gasteiger partial charge in [-0.1, -0.05) is 168 Å². The van der Waals surface area contributed by atoms with Crippen molar-refractivity contribution in [3.63, 3.8) is 0 Å². The summed E-state index contributed by atoms with van der Waals surface area (Å²) < 4.78 is 26.9. The number of ether oxygens (including phenoxy) is 1. The molecule has 346 valence electrons. The Morgan fingerprint density at radius 1 is 0.508 bits per heavy atom. The Morgan fingerprint density at radius 2 is 0.885 bits per heavy atom. The number of carbonyl (C=O) groups excluding carboxylic acids is 2. The summed E-state index contributed by atoms with van der Waals surface area (Å²) in [6.07, 6.45) is 61.6. The smallest absolute Gasteiger partial charge is 0.463 e. The van der Waals surface area contributed by atoms with E-state index in [9.17, 15) is 24.2 Å². The Hall–Kier alpha value is -3.33. The zero-order chi connectivity index (χ0) is 44.6. The van der Waals surface area contributed by atoms with Gasteiger partial charge in [-0.15, -0.1) is 0 Å². The number of unbranched alkanes of at least 4 members (excludes halogenated alkanes) is 11. The fourth-order valence-corrected chi connectivity index (χ4v) is 6.51. The van der Waals surface area contributed by atoms with E-state index in [0.717, 1.165) is 122 Å². The molecule has 0 saturated carbocycles. The first kappa shape index (κ1) is 57.7. The van der Waals surface area contributed by atoms with E-state index in [1.54, 1.807) is 0 Å². The maximum atomic E-state index is 12.1. The Kier molecular flexibility index (Phi) is 43.7. The van der Waals surface area contributed by atoms with Crippen molar-refractivity contribution in [1.82, 2.24) is 5.32 Å². The van der Waals surface area contributed by atoms with E-state index >= 15 is 0 Å². The molecular weight excluding hydrogens is 786 g/mol. The van der Waals surface area contributed by atoms with Crippen LogP contribution in [-0.4, -0.2) is 54.3 Å². The van der Waals surface area contributed by atoms with E-state index in [4.69, 9.17) is 13.8 Å². The fraction of sp³-hybridized carbons (Fsp3) is 0.608. The molecule has 2 unspecified atom stereocenters. The number of carbonyl (C=O) groups is 2. The molecule has 61 heavy (non-hydrogen) atoms. The number of amides is 1. The normalized spacial score (nSPS) is 14.2. The molecule has 10 heteroatoms. The van der Waals surface area contributed by atoms with E-state index in [1.807, 2.05) is 0 Å². The number of aliphatic hydroxyl groups excluding tert-OH is 1. The van der Waals surface area contributed by atoms with Crippen LogP contribution in [0.3, 0.4) is 0 Å². The van der Waals surface area contributed by atoms with Crippen LogP contribution in [-0.2, 0) is 27.9 Å². The van der Waals surface area contributed by atoms with Gasteiger partial charge in [0.2, 0.25) is 5.91 Å². The lowest BCUT2D eigenvalue weighted by Gasteiger charge is -2.15. The van der Waals surface area contributed by atoms with Gasteiger partial charge in [0.15, 0.2) is 0 Å².